The lowest BCUT2D eigenvalue weighted by Gasteiger charge is -2.27. The maximum atomic E-state index is 4.52. The zero-order chi connectivity index (χ0) is 13.2. The zero-order valence-electron chi connectivity index (χ0n) is 11.9. The van der Waals surface area contributed by atoms with Gasteiger partial charge in [-0.05, 0) is 32.7 Å². The summed E-state index contributed by atoms with van der Waals surface area (Å²) in [6.07, 6.45) is 5.59. The summed E-state index contributed by atoms with van der Waals surface area (Å²) in [6.45, 7) is 6.85. The van der Waals surface area contributed by atoms with E-state index in [1.807, 2.05) is 7.05 Å². The summed E-state index contributed by atoms with van der Waals surface area (Å²) < 4.78 is 0. The van der Waals surface area contributed by atoms with Gasteiger partial charge in [0.05, 0.1) is 0 Å². The summed E-state index contributed by atoms with van der Waals surface area (Å²) in [4.78, 5) is 13.9. The van der Waals surface area contributed by atoms with E-state index < -0.39 is 0 Å². The normalized spacial score (nSPS) is 24.1. The average Bonchev–Trinajstić information content (AvgIpc) is 2.77. The molecule has 2 aliphatic rings. The molecule has 1 aromatic rings. The molecule has 5 nitrogen and oxygen atoms in total. The molecule has 2 saturated heterocycles. The lowest BCUT2D eigenvalue weighted by molar-refractivity contribution is 0.273. The fraction of sp³-hybridized carbons (Fsp3) is 0.714. The van der Waals surface area contributed by atoms with Gasteiger partial charge in [-0.1, -0.05) is 0 Å². The van der Waals surface area contributed by atoms with Crippen LogP contribution in [0.5, 0.6) is 0 Å². The summed E-state index contributed by atoms with van der Waals surface area (Å²) in [6, 6.07) is 0.718. The molecular weight excluding hydrogens is 238 g/mol. The molecule has 104 valence electrons. The first-order chi connectivity index (χ1) is 9.29. The molecule has 0 aromatic carbocycles. The third kappa shape index (κ3) is 2.39. The van der Waals surface area contributed by atoms with Gasteiger partial charge >= 0.3 is 0 Å². The largest absolute Gasteiger partial charge is 0.373 e. The van der Waals surface area contributed by atoms with E-state index in [1.165, 1.54) is 32.4 Å². The van der Waals surface area contributed by atoms with Crippen LogP contribution in [0.15, 0.2) is 6.33 Å². The summed E-state index contributed by atoms with van der Waals surface area (Å²) in [5, 5.41) is 3.15. The Morgan fingerprint density at radius 3 is 2.89 bits per heavy atom. The molecule has 0 aliphatic carbocycles. The molecule has 0 radical (unpaired) electrons. The van der Waals surface area contributed by atoms with E-state index in [-0.39, 0.29) is 0 Å². The highest BCUT2D eigenvalue weighted by Gasteiger charge is 2.29. The molecule has 19 heavy (non-hydrogen) atoms. The second kappa shape index (κ2) is 5.33. The Bertz CT molecular complexity index is 447. The van der Waals surface area contributed by atoms with Gasteiger partial charge in [0.2, 0.25) is 0 Å². The minimum absolute atomic E-state index is 0.718. The van der Waals surface area contributed by atoms with Crippen LogP contribution in [-0.2, 0) is 0 Å². The van der Waals surface area contributed by atoms with Gasteiger partial charge in [0.25, 0.3) is 0 Å². The standard InChI is InChI=1S/C14H23N5/c1-11-13(15-2)16-10-17-14(11)19-8-4-7-18-6-3-5-12(18)9-19/h10,12H,3-9H2,1-2H3,(H,15,16,17). The highest BCUT2D eigenvalue weighted by Crippen LogP contribution is 2.27. The quantitative estimate of drug-likeness (QED) is 0.874. The first-order valence-corrected chi connectivity index (χ1v) is 7.28. The summed E-state index contributed by atoms with van der Waals surface area (Å²) in [5.41, 5.74) is 1.16. The molecule has 3 heterocycles. The van der Waals surface area contributed by atoms with Crippen molar-refractivity contribution in [2.24, 2.45) is 0 Å². The van der Waals surface area contributed by atoms with Crippen LogP contribution in [0.1, 0.15) is 24.8 Å². The fourth-order valence-corrected chi connectivity index (χ4v) is 3.41. The Kier molecular flexibility index (Phi) is 3.55. The molecule has 0 bridgehead atoms. The predicted octanol–water partition coefficient (Wildman–Crippen LogP) is 1.50. The van der Waals surface area contributed by atoms with Gasteiger partial charge in [0.15, 0.2) is 0 Å². The Balaban J connectivity index is 1.85. The van der Waals surface area contributed by atoms with Crippen LogP contribution < -0.4 is 10.2 Å². The SMILES string of the molecule is CNc1ncnc(N2CCCN3CCCC3C2)c1C. The van der Waals surface area contributed by atoms with Crippen molar-refractivity contribution in [2.75, 3.05) is 43.4 Å². The van der Waals surface area contributed by atoms with Crippen molar-refractivity contribution in [3.8, 4) is 0 Å². The van der Waals surface area contributed by atoms with Gasteiger partial charge in [0, 0.05) is 38.3 Å². The highest BCUT2D eigenvalue weighted by atomic mass is 15.3. The molecular formula is C14H23N5. The van der Waals surface area contributed by atoms with E-state index in [9.17, 15) is 0 Å². The Labute approximate surface area is 115 Å². The van der Waals surface area contributed by atoms with E-state index in [0.29, 0.717) is 0 Å². The van der Waals surface area contributed by atoms with Crippen molar-refractivity contribution in [3.63, 3.8) is 0 Å². The summed E-state index contributed by atoms with van der Waals surface area (Å²) in [5.74, 6) is 2.05. The topological polar surface area (TPSA) is 44.3 Å². The number of fused-ring (bicyclic) bond motifs is 1. The van der Waals surface area contributed by atoms with Gasteiger partial charge in [-0.25, -0.2) is 9.97 Å². The van der Waals surface area contributed by atoms with E-state index in [2.05, 4.69) is 32.0 Å². The second-order valence-corrected chi connectivity index (χ2v) is 5.55. The first-order valence-electron chi connectivity index (χ1n) is 7.28. The van der Waals surface area contributed by atoms with Crippen LogP contribution in [0.25, 0.3) is 0 Å². The average molecular weight is 261 g/mol. The lowest BCUT2D eigenvalue weighted by atomic mass is 10.2. The molecule has 2 fully saturated rings. The third-order valence-electron chi connectivity index (χ3n) is 4.40. The highest BCUT2D eigenvalue weighted by molar-refractivity contribution is 5.57. The van der Waals surface area contributed by atoms with Gasteiger partial charge < -0.3 is 10.2 Å². The van der Waals surface area contributed by atoms with Crippen LogP contribution in [0.3, 0.4) is 0 Å². The molecule has 0 amide bonds. The Morgan fingerprint density at radius 2 is 2.05 bits per heavy atom. The molecule has 2 aliphatic heterocycles. The number of aromatic nitrogens is 2. The van der Waals surface area contributed by atoms with Crippen LogP contribution in [0.2, 0.25) is 0 Å². The van der Waals surface area contributed by atoms with Crippen molar-refractivity contribution in [2.45, 2.75) is 32.2 Å². The number of nitrogens with one attached hydrogen (secondary N) is 1. The molecule has 1 N–H and O–H groups in total. The van der Waals surface area contributed by atoms with Crippen LogP contribution in [-0.4, -0.2) is 54.1 Å². The smallest absolute Gasteiger partial charge is 0.137 e. The van der Waals surface area contributed by atoms with Crippen molar-refractivity contribution >= 4 is 11.6 Å². The summed E-state index contributed by atoms with van der Waals surface area (Å²) in [7, 11) is 1.92. The molecule has 5 heteroatoms. The van der Waals surface area contributed by atoms with E-state index in [0.717, 1.165) is 36.3 Å². The molecule has 1 atom stereocenters. The molecule has 3 rings (SSSR count). The summed E-state index contributed by atoms with van der Waals surface area (Å²) >= 11 is 0. The van der Waals surface area contributed by atoms with E-state index in [1.54, 1.807) is 6.33 Å². The van der Waals surface area contributed by atoms with Crippen molar-refractivity contribution in [3.05, 3.63) is 11.9 Å². The van der Waals surface area contributed by atoms with E-state index >= 15 is 0 Å². The minimum Gasteiger partial charge on any atom is -0.373 e. The van der Waals surface area contributed by atoms with Crippen molar-refractivity contribution in [1.82, 2.24) is 14.9 Å². The lowest BCUT2D eigenvalue weighted by Crippen LogP contribution is -2.37. The number of rotatable bonds is 2. The van der Waals surface area contributed by atoms with Crippen LogP contribution in [0.4, 0.5) is 11.6 Å². The number of anilines is 2. The Hall–Kier alpha value is -1.36. The maximum Gasteiger partial charge on any atom is 0.137 e. The third-order valence-corrected chi connectivity index (χ3v) is 4.40. The molecule has 0 spiro atoms. The Morgan fingerprint density at radius 1 is 1.21 bits per heavy atom. The van der Waals surface area contributed by atoms with Gasteiger partial charge in [0.1, 0.15) is 18.0 Å². The van der Waals surface area contributed by atoms with Gasteiger partial charge in [-0.15, -0.1) is 0 Å². The van der Waals surface area contributed by atoms with Crippen molar-refractivity contribution in [1.29, 1.82) is 0 Å². The van der Waals surface area contributed by atoms with Crippen molar-refractivity contribution < 1.29 is 0 Å². The second-order valence-electron chi connectivity index (χ2n) is 5.55. The molecule has 1 unspecified atom stereocenters. The fourth-order valence-electron chi connectivity index (χ4n) is 3.41. The van der Waals surface area contributed by atoms with Gasteiger partial charge in [-0.2, -0.15) is 0 Å². The van der Waals surface area contributed by atoms with E-state index in [4.69, 9.17) is 0 Å². The van der Waals surface area contributed by atoms with Crippen LogP contribution in [0, 0.1) is 6.92 Å². The molecule has 0 saturated carbocycles. The first kappa shape index (κ1) is 12.7. The van der Waals surface area contributed by atoms with Gasteiger partial charge in [-0.3, -0.25) is 4.90 Å². The monoisotopic (exact) mass is 261 g/mol. The predicted molar refractivity (Wildman–Crippen MR) is 77.7 cm³/mol. The molecule has 1 aromatic heterocycles. The number of hydrogen-bond acceptors (Lipinski definition) is 5. The minimum atomic E-state index is 0.718. The number of nitrogens with zero attached hydrogens (tertiary/aromatic N) is 4. The number of hydrogen-bond donors (Lipinski definition) is 1. The zero-order valence-corrected chi connectivity index (χ0v) is 11.9. The maximum absolute atomic E-state index is 4.52. The van der Waals surface area contributed by atoms with Crippen LogP contribution >= 0.6 is 0 Å².